The lowest BCUT2D eigenvalue weighted by Crippen LogP contribution is -2.39. The molecule has 0 spiro atoms. The maximum Gasteiger partial charge on any atom is 0.238 e. The van der Waals surface area contributed by atoms with Crippen LogP contribution in [0, 0.1) is 6.92 Å². The molecule has 116 valence electrons. The Bertz CT molecular complexity index is 626. The molecule has 2 aromatic rings. The Morgan fingerprint density at radius 3 is 2.95 bits per heavy atom. The molecule has 1 aliphatic heterocycles. The predicted molar refractivity (Wildman–Crippen MR) is 82.5 cm³/mol. The Kier molecular flexibility index (Phi) is 4.48. The van der Waals surface area contributed by atoms with E-state index in [1.165, 1.54) is 0 Å². The number of carbonyl (C=O) groups excluding carboxylic acids is 1. The van der Waals surface area contributed by atoms with Crippen molar-refractivity contribution in [3.8, 4) is 0 Å². The summed E-state index contributed by atoms with van der Waals surface area (Å²) in [5, 5.41) is 6.77. The van der Waals surface area contributed by atoms with Crippen molar-refractivity contribution in [1.82, 2.24) is 15.0 Å². The molecule has 0 saturated carbocycles. The zero-order valence-corrected chi connectivity index (χ0v) is 12.7. The van der Waals surface area contributed by atoms with Gasteiger partial charge in [-0.2, -0.15) is 4.98 Å². The van der Waals surface area contributed by atoms with Crippen LogP contribution in [0.5, 0.6) is 0 Å². The number of para-hydroxylation sites is 1. The van der Waals surface area contributed by atoms with Gasteiger partial charge in [-0.3, -0.25) is 9.69 Å². The highest BCUT2D eigenvalue weighted by molar-refractivity contribution is 5.92. The van der Waals surface area contributed by atoms with E-state index in [2.05, 4.69) is 20.4 Å². The second-order valence-corrected chi connectivity index (χ2v) is 5.67. The van der Waals surface area contributed by atoms with Gasteiger partial charge >= 0.3 is 0 Å². The molecular formula is C16H20N4O2. The SMILES string of the molecule is Cc1noc(C2CCCN(CC(=O)Nc3ccccc3)C2)n1. The van der Waals surface area contributed by atoms with Crippen molar-refractivity contribution in [1.29, 1.82) is 0 Å². The number of hydrogen-bond donors (Lipinski definition) is 1. The third-order valence-electron chi connectivity index (χ3n) is 3.82. The second-order valence-electron chi connectivity index (χ2n) is 5.67. The number of likely N-dealkylation sites (tertiary alicyclic amines) is 1. The highest BCUT2D eigenvalue weighted by Crippen LogP contribution is 2.25. The van der Waals surface area contributed by atoms with Crippen molar-refractivity contribution < 1.29 is 9.32 Å². The monoisotopic (exact) mass is 300 g/mol. The lowest BCUT2D eigenvalue weighted by molar-refractivity contribution is -0.117. The normalized spacial score (nSPS) is 19.0. The van der Waals surface area contributed by atoms with Crippen LogP contribution in [0.25, 0.3) is 0 Å². The van der Waals surface area contributed by atoms with E-state index in [4.69, 9.17) is 4.52 Å². The van der Waals surface area contributed by atoms with Gasteiger partial charge < -0.3 is 9.84 Å². The Hall–Kier alpha value is -2.21. The molecule has 0 aliphatic carbocycles. The lowest BCUT2D eigenvalue weighted by atomic mass is 9.98. The maximum absolute atomic E-state index is 12.1. The van der Waals surface area contributed by atoms with Gasteiger partial charge in [0.2, 0.25) is 11.8 Å². The minimum Gasteiger partial charge on any atom is -0.339 e. The molecule has 1 fully saturated rings. The Balaban J connectivity index is 1.55. The van der Waals surface area contributed by atoms with Gasteiger partial charge in [-0.1, -0.05) is 23.4 Å². The molecule has 1 aliphatic rings. The molecular weight excluding hydrogens is 280 g/mol. The molecule has 1 aromatic heterocycles. The molecule has 1 unspecified atom stereocenters. The minimum atomic E-state index is 0.00793. The van der Waals surface area contributed by atoms with Crippen LogP contribution < -0.4 is 5.32 Å². The number of aryl methyl sites for hydroxylation is 1. The third-order valence-corrected chi connectivity index (χ3v) is 3.82. The number of carbonyl (C=O) groups is 1. The van der Waals surface area contributed by atoms with Gasteiger partial charge in [0.1, 0.15) is 0 Å². The van der Waals surface area contributed by atoms with E-state index < -0.39 is 0 Å². The zero-order chi connectivity index (χ0) is 15.4. The van der Waals surface area contributed by atoms with Crippen LogP contribution in [-0.2, 0) is 4.79 Å². The van der Waals surface area contributed by atoms with E-state index in [9.17, 15) is 4.79 Å². The molecule has 6 heteroatoms. The number of benzene rings is 1. The van der Waals surface area contributed by atoms with Crippen molar-refractivity contribution in [2.45, 2.75) is 25.7 Å². The second kappa shape index (κ2) is 6.70. The van der Waals surface area contributed by atoms with Gasteiger partial charge in [0.15, 0.2) is 5.82 Å². The fourth-order valence-electron chi connectivity index (χ4n) is 2.80. The Morgan fingerprint density at radius 2 is 2.23 bits per heavy atom. The highest BCUT2D eigenvalue weighted by Gasteiger charge is 2.26. The smallest absolute Gasteiger partial charge is 0.238 e. The van der Waals surface area contributed by atoms with Crippen LogP contribution in [0.15, 0.2) is 34.9 Å². The number of aromatic nitrogens is 2. The Morgan fingerprint density at radius 1 is 1.41 bits per heavy atom. The molecule has 1 atom stereocenters. The molecule has 0 bridgehead atoms. The first-order valence-corrected chi connectivity index (χ1v) is 7.58. The third kappa shape index (κ3) is 3.71. The summed E-state index contributed by atoms with van der Waals surface area (Å²) in [4.78, 5) is 18.6. The number of piperidine rings is 1. The van der Waals surface area contributed by atoms with Crippen LogP contribution in [0.2, 0.25) is 0 Å². The predicted octanol–water partition coefficient (Wildman–Crippen LogP) is 2.20. The van der Waals surface area contributed by atoms with Crippen LogP contribution in [0.1, 0.15) is 30.5 Å². The molecule has 1 N–H and O–H groups in total. The number of nitrogens with one attached hydrogen (secondary N) is 1. The molecule has 2 heterocycles. The molecule has 1 aromatic carbocycles. The van der Waals surface area contributed by atoms with Gasteiger partial charge in [0.25, 0.3) is 0 Å². The molecule has 0 radical (unpaired) electrons. The van der Waals surface area contributed by atoms with E-state index in [0.717, 1.165) is 31.6 Å². The van der Waals surface area contributed by atoms with Crippen molar-refractivity contribution in [2.75, 3.05) is 25.0 Å². The first-order chi connectivity index (χ1) is 10.7. The van der Waals surface area contributed by atoms with Crippen molar-refractivity contribution >= 4 is 11.6 Å². The van der Waals surface area contributed by atoms with Gasteiger partial charge in [0.05, 0.1) is 12.5 Å². The number of amides is 1. The average molecular weight is 300 g/mol. The molecule has 22 heavy (non-hydrogen) atoms. The van der Waals surface area contributed by atoms with Crippen LogP contribution in [-0.4, -0.2) is 40.6 Å². The first-order valence-electron chi connectivity index (χ1n) is 7.58. The van der Waals surface area contributed by atoms with Gasteiger partial charge in [0, 0.05) is 12.2 Å². The van der Waals surface area contributed by atoms with Crippen LogP contribution in [0.3, 0.4) is 0 Å². The summed E-state index contributed by atoms with van der Waals surface area (Å²) in [5.74, 6) is 1.58. The zero-order valence-electron chi connectivity index (χ0n) is 12.7. The summed E-state index contributed by atoms with van der Waals surface area (Å²) in [6, 6.07) is 9.52. The average Bonchev–Trinajstić information content (AvgIpc) is 2.95. The fraction of sp³-hybridized carbons (Fsp3) is 0.438. The summed E-state index contributed by atoms with van der Waals surface area (Å²) in [6.07, 6.45) is 2.06. The first kappa shape index (κ1) is 14.7. The quantitative estimate of drug-likeness (QED) is 0.937. The molecule has 3 rings (SSSR count). The number of hydrogen-bond acceptors (Lipinski definition) is 5. The van der Waals surface area contributed by atoms with Crippen LogP contribution >= 0.6 is 0 Å². The number of nitrogens with zero attached hydrogens (tertiary/aromatic N) is 3. The van der Waals surface area contributed by atoms with Crippen molar-refractivity contribution in [3.05, 3.63) is 42.0 Å². The van der Waals surface area contributed by atoms with E-state index in [0.29, 0.717) is 18.3 Å². The summed E-state index contributed by atoms with van der Waals surface area (Å²) >= 11 is 0. The maximum atomic E-state index is 12.1. The van der Waals surface area contributed by atoms with Crippen LogP contribution in [0.4, 0.5) is 5.69 Å². The molecule has 1 amide bonds. The number of anilines is 1. The van der Waals surface area contributed by atoms with E-state index in [1.54, 1.807) is 0 Å². The van der Waals surface area contributed by atoms with E-state index >= 15 is 0 Å². The molecule has 6 nitrogen and oxygen atoms in total. The van der Waals surface area contributed by atoms with Crippen molar-refractivity contribution in [2.24, 2.45) is 0 Å². The topological polar surface area (TPSA) is 71.3 Å². The van der Waals surface area contributed by atoms with Crippen molar-refractivity contribution in [3.63, 3.8) is 0 Å². The van der Waals surface area contributed by atoms with E-state index in [-0.39, 0.29) is 11.8 Å². The fourth-order valence-corrected chi connectivity index (χ4v) is 2.80. The van der Waals surface area contributed by atoms with Gasteiger partial charge in [-0.25, -0.2) is 0 Å². The largest absolute Gasteiger partial charge is 0.339 e. The van der Waals surface area contributed by atoms with E-state index in [1.807, 2.05) is 37.3 Å². The van der Waals surface area contributed by atoms with Gasteiger partial charge in [-0.05, 0) is 38.4 Å². The summed E-state index contributed by atoms with van der Waals surface area (Å²) in [6.45, 7) is 3.91. The lowest BCUT2D eigenvalue weighted by Gasteiger charge is -2.30. The minimum absolute atomic E-state index is 0.00793. The summed E-state index contributed by atoms with van der Waals surface area (Å²) in [5.41, 5.74) is 0.827. The van der Waals surface area contributed by atoms with Gasteiger partial charge in [-0.15, -0.1) is 0 Å². The summed E-state index contributed by atoms with van der Waals surface area (Å²) in [7, 11) is 0. The summed E-state index contributed by atoms with van der Waals surface area (Å²) < 4.78 is 5.26. The number of rotatable bonds is 4. The molecule has 1 saturated heterocycles. The highest BCUT2D eigenvalue weighted by atomic mass is 16.5. The Labute approximate surface area is 129 Å². The standard InChI is InChI=1S/C16H20N4O2/c1-12-17-16(22-19-12)13-6-5-9-20(10-13)11-15(21)18-14-7-3-2-4-8-14/h2-4,7-8,13H,5-6,9-11H2,1H3,(H,18,21).